The number of hydrogen-bond acceptors (Lipinski definition) is 15. The summed E-state index contributed by atoms with van der Waals surface area (Å²) in [5.41, 5.74) is 6.02. The number of unbranched alkanes of at least 4 members (excludes halogenated alkanes) is 2. The fourth-order valence-corrected chi connectivity index (χ4v) is 10.4. The van der Waals surface area contributed by atoms with Gasteiger partial charge in [0.1, 0.15) is 13.2 Å². The normalized spacial score (nSPS) is 16.0. The summed E-state index contributed by atoms with van der Waals surface area (Å²) >= 11 is 0. The van der Waals surface area contributed by atoms with Crippen molar-refractivity contribution >= 4 is 68.7 Å². The summed E-state index contributed by atoms with van der Waals surface area (Å²) < 4.78 is 21.5. The van der Waals surface area contributed by atoms with E-state index in [1.807, 2.05) is 62.4 Å². The first-order valence-corrected chi connectivity index (χ1v) is 26.8. The molecule has 9 rings (SSSR count). The van der Waals surface area contributed by atoms with E-state index in [9.17, 15) is 28.8 Å². The fraction of sp³-hybridized carbons (Fsp3) is 0.456. The summed E-state index contributed by atoms with van der Waals surface area (Å²) in [6, 6.07) is 25.2. The van der Waals surface area contributed by atoms with Gasteiger partial charge < -0.3 is 39.4 Å². The van der Waals surface area contributed by atoms with Gasteiger partial charge in [0, 0.05) is 134 Å². The van der Waals surface area contributed by atoms with Crippen LogP contribution in [0.15, 0.2) is 78.9 Å². The number of carbonyl (C=O) groups excluding carboxylic acids is 6. The number of aromatic nitrogens is 1. The van der Waals surface area contributed by atoms with E-state index < -0.39 is 12.2 Å². The number of imide groups is 2. The maximum absolute atomic E-state index is 13.7. The van der Waals surface area contributed by atoms with Crippen LogP contribution in [-0.2, 0) is 32.0 Å². The number of pyridine rings is 1. The van der Waals surface area contributed by atoms with Crippen LogP contribution in [0.1, 0.15) is 92.4 Å². The molecule has 19 nitrogen and oxygen atoms in total. The molecule has 4 aromatic carbocycles. The quantitative estimate of drug-likeness (QED) is 0.0515. The molecule has 0 radical (unpaired) electrons. The van der Waals surface area contributed by atoms with E-state index >= 15 is 0 Å². The number of nitrogens with one attached hydrogen (secondary N) is 2. The van der Waals surface area contributed by atoms with Gasteiger partial charge in [-0.15, -0.1) is 0 Å². The largest absolute Gasteiger partial charge is 0.447 e. The van der Waals surface area contributed by atoms with Crippen molar-refractivity contribution < 1.29 is 47.7 Å². The topological polar surface area (TPSA) is 196 Å². The van der Waals surface area contributed by atoms with Gasteiger partial charge in [0.15, 0.2) is 0 Å². The highest BCUT2D eigenvalue weighted by Gasteiger charge is 2.36. The molecular formula is C57H69N9O10. The Morgan fingerprint density at radius 1 is 0.487 bits per heavy atom. The highest BCUT2D eigenvalue weighted by molar-refractivity contribution is 6.28. The Labute approximate surface area is 443 Å². The summed E-state index contributed by atoms with van der Waals surface area (Å²) in [5, 5.41) is 8.50. The van der Waals surface area contributed by atoms with Crippen molar-refractivity contribution in [1.29, 1.82) is 0 Å². The number of carbonyl (C=O) groups is 6. The van der Waals surface area contributed by atoms with E-state index in [4.69, 9.17) is 23.9 Å². The van der Waals surface area contributed by atoms with E-state index in [2.05, 4.69) is 48.4 Å². The summed E-state index contributed by atoms with van der Waals surface area (Å²) in [6.45, 7) is 13.9. The SMILES string of the molecule is CCCCNC(=O)OCCOCCN1C(=O)c2cccc3c(N4CCN(Cc5cccc(CN6CCN(c7ccc8c9c(cccc79)C(=O)N(CCOCCOC(=O)NCCCC)C8=O)CC6)n5)CC4)ccc(c23)C1=O. The second kappa shape index (κ2) is 25.6. The zero-order valence-corrected chi connectivity index (χ0v) is 43.7. The van der Waals surface area contributed by atoms with E-state index in [1.54, 1.807) is 12.1 Å². The van der Waals surface area contributed by atoms with Crippen molar-refractivity contribution in [2.45, 2.75) is 52.6 Å². The first kappa shape index (κ1) is 53.6. The van der Waals surface area contributed by atoms with Gasteiger partial charge in [0.2, 0.25) is 0 Å². The van der Waals surface area contributed by atoms with Crippen LogP contribution in [0, 0.1) is 0 Å². The molecule has 0 aliphatic carbocycles. The zero-order valence-electron chi connectivity index (χ0n) is 43.7. The van der Waals surface area contributed by atoms with Crippen LogP contribution in [-0.4, -0.2) is 179 Å². The van der Waals surface area contributed by atoms with Gasteiger partial charge in [-0.25, -0.2) is 9.59 Å². The van der Waals surface area contributed by atoms with Gasteiger partial charge in [-0.2, -0.15) is 0 Å². The number of alkyl carbamates (subject to hydrolysis) is 2. The molecule has 5 aromatic rings. The first-order chi connectivity index (χ1) is 37.1. The van der Waals surface area contributed by atoms with Crippen LogP contribution < -0.4 is 20.4 Å². The highest BCUT2D eigenvalue weighted by Crippen LogP contribution is 2.38. The fourth-order valence-electron chi connectivity index (χ4n) is 10.4. The van der Waals surface area contributed by atoms with Crippen LogP contribution in [0.2, 0.25) is 0 Å². The molecule has 4 aliphatic heterocycles. The second-order valence-electron chi connectivity index (χ2n) is 19.4. The average Bonchev–Trinajstić information content (AvgIpc) is 3.49. The predicted octanol–water partition coefficient (Wildman–Crippen LogP) is 6.31. The third kappa shape index (κ3) is 12.4. The molecule has 2 saturated heterocycles. The Morgan fingerprint density at radius 3 is 1.29 bits per heavy atom. The Bertz CT molecular complexity index is 2680. The predicted molar refractivity (Wildman–Crippen MR) is 288 cm³/mol. The van der Waals surface area contributed by atoms with Gasteiger partial charge in [-0.3, -0.25) is 43.8 Å². The van der Waals surface area contributed by atoms with E-state index in [0.717, 1.165) is 125 Å². The van der Waals surface area contributed by atoms with Crippen LogP contribution in [0.25, 0.3) is 21.5 Å². The van der Waals surface area contributed by atoms with Gasteiger partial charge >= 0.3 is 12.2 Å². The summed E-state index contributed by atoms with van der Waals surface area (Å²) in [5.74, 6) is -1.39. The Hall–Kier alpha value is -7.19. The maximum atomic E-state index is 13.7. The standard InChI is InChI=1S/C57H69N9O10/c1-3-5-20-58-56(71)75-36-34-73-32-30-65-52(67)44-14-8-12-42-48(18-16-46(50(42)44)54(65)69)63-26-22-61(23-27-63)38-40-10-7-11-41(60-40)39-62-24-28-64(29-25-62)49-19-17-47-51-43(49)13-9-15-45(51)53(68)66(55(47)70)31-33-74-35-37-76-57(72)59-21-6-4-2/h7-19H,3-6,20-39H2,1-2H3,(H,58,71)(H,59,72). The Balaban J connectivity index is 0.732. The lowest BCUT2D eigenvalue weighted by Gasteiger charge is -2.37. The molecule has 5 heterocycles. The number of rotatable bonds is 24. The summed E-state index contributed by atoms with van der Waals surface area (Å²) in [6.07, 6.45) is 2.71. The molecule has 0 bridgehead atoms. The molecule has 1 aromatic heterocycles. The number of hydrogen-bond donors (Lipinski definition) is 2. The third-order valence-corrected chi connectivity index (χ3v) is 14.4. The monoisotopic (exact) mass is 1040 g/mol. The first-order valence-electron chi connectivity index (χ1n) is 26.8. The van der Waals surface area contributed by atoms with Crippen LogP contribution >= 0.6 is 0 Å². The maximum Gasteiger partial charge on any atom is 0.407 e. The van der Waals surface area contributed by atoms with E-state index in [1.165, 1.54) is 9.80 Å². The van der Waals surface area contributed by atoms with Gasteiger partial charge in [0.25, 0.3) is 23.6 Å². The molecule has 76 heavy (non-hydrogen) atoms. The smallest absolute Gasteiger partial charge is 0.407 e. The lowest BCUT2D eigenvalue weighted by molar-refractivity contribution is 0.0438. The molecule has 2 fully saturated rings. The molecule has 2 N–H and O–H groups in total. The molecule has 6 amide bonds. The average molecular weight is 1040 g/mol. The minimum Gasteiger partial charge on any atom is -0.447 e. The molecule has 0 saturated carbocycles. The van der Waals surface area contributed by atoms with Crippen LogP contribution in [0.4, 0.5) is 21.0 Å². The van der Waals surface area contributed by atoms with Crippen molar-refractivity contribution in [3.05, 3.63) is 113 Å². The van der Waals surface area contributed by atoms with Gasteiger partial charge in [-0.05, 0) is 61.4 Å². The molecule has 4 aliphatic rings. The Kier molecular flexibility index (Phi) is 18.0. The minimum atomic E-state index is -0.491. The van der Waals surface area contributed by atoms with Crippen LogP contribution in [0.3, 0.4) is 0 Å². The Morgan fingerprint density at radius 2 is 0.882 bits per heavy atom. The number of benzene rings is 4. The lowest BCUT2D eigenvalue weighted by Crippen LogP contribution is -2.46. The second-order valence-corrected chi connectivity index (χ2v) is 19.4. The number of piperazine rings is 2. The zero-order chi connectivity index (χ0) is 53.0. The number of ether oxygens (including phenoxy) is 4. The number of amides is 6. The third-order valence-electron chi connectivity index (χ3n) is 14.4. The highest BCUT2D eigenvalue weighted by atomic mass is 16.6. The molecule has 0 unspecified atom stereocenters. The van der Waals surface area contributed by atoms with Crippen molar-refractivity contribution in [2.24, 2.45) is 0 Å². The van der Waals surface area contributed by atoms with Gasteiger partial charge in [-0.1, -0.05) is 57.0 Å². The van der Waals surface area contributed by atoms with Crippen LogP contribution in [0.5, 0.6) is 0 Å². The van der Waals surface area contributed by atoms with Crippen molar-refractivity contribution in [3.8, 4) is 0 Å². The summed E-state index contributed by atoms with van der Waals surface area (Å²) in [4.78, 5) is 95.5. The lowest BCUT2D eigenvalue weighted by atomic mass is 9.92. The minimum absolute atomic E-state index is 0.0723. The molecule has 402 valence electrons. The molecule has 19 heteroatoms. The van der Waals surface area contributed by atoms with E-state index in [-0.39, 0.29) is 76.4 Å². The van der Waals surface area contributed by atoms with Gasteiger partial charge in [0.05, 0.1) is 50.9 Å². The van der Waals surface area contributed by atoms with Crippen molar-refractivity contribution in [1.82, 2.24) is 35.2 Å². The number of anilines is 2. The molecular weight excluding hydrogens is 971 g/mol. The molecule has 0 spiro atoms. The molecule has 0 atom stereocenters. The van der Waals surface area contributed by atoms with Crippen molar-refractivity contribution in [3.63, 3.8) is 0 Å². The van der Waals surface area contributed by atoms with E-state index in [0.29, 0.717) is 46.1 Å². The number of nitrogens with zero attached hydrogens (tertiary/aromatic N) is 7. The van der Waals surface area contributed by atoms with Crippen molar-refractivity contribution in [2.75, 3.05) is 128 Å². The summed E-state index contributed by atoms with van der Waals surface area (Å²) in [7, 11) is 0.